The lowest BCUT2D eigenvalue weighted by Crippen LogP contribution is -2.24. The van der Waals surface area contributed by atoms with E-state index in [1.54, 1.807) is 18.4 Å². The summed E-state index contributed by atoms with van der Waals surface area (Å²) >= 11 is 1.58. The van der Waals surface area contributed by atoms with Crippen LogP contribution in [0.25, 0.3) is 10.9 Å². The van der Waals surface area contributed by atoms with E-state index < -0.39 is 0 Å². The number of fused-ring (bicyclic) bond motifs is 1. The zero-order valence-electron chi connectivity index (χ0n) is 13.4. The van der Waals surface area contributed by atoms with Gasteiger partial charge in [0.2, 0.25) is 0 Å². The first-order valence-corrected chi connectivity index (χ1v) is 8.35. The molecule has 0 radical (unpaired) electrons. The second-order valence-corrected chi connectivity index (χ2v) is 6.22. The van der Waals surface area contributed by atoms with Crippen LogP contribution in [0, 0.1) is 0 Å². The maximum absolute atomic E-state index is 12.5. The number of rotatable bonds is 5. The highest BCUT2D eigenvalue weighted by Gasteiger charge is 2.14. The van der Waals surface area contributed by atoms with Gasteiger partial charge in [-0.15, -0.1) is 11.3 Å². The summed E-state index contributed by atoms with van der Waals surface area (Å²) in [5.74, 6) is 0.681. The van der Waals surface area contributed by atoms with Crippen molar-refractivity contribution in [3.8, 4) is 5.75 Å². The Bertz CT molecular complexity index is 851. The number of nitrogens with zero attached hydrogens (tertiary/aromatic N) is 2. The van der Waals surface area contributed by atoms with E-state index in [0.29, 0.717) is 12.2 Å². The Morgan fingerprint density at radius 1 is 1.39 bits per heavy atom. The van der Waals surface area contributed by atoms with Gasteiger partial charge in [-0.2, -0.15) is 0 Å². The van der Waals surface area contributed by atoms with Crippen molar-refractivity contribution < 1.29 is 9.53 Å². The van der Waals surface area contributed by atoms with E-state index in [1.807, 2.05) is 41.3 Å². The molecular weight excluding hydrogens is 310 g/mol. The topological polar surface area (TPSA) is 56.1 Å². The molecule has 2 heterocycles. The first kappa shape index (κ1) is 15.6. The van der Waals surface area contributed by atoms with Crippen LogP contribution < -0.4 is 10.1 Å². The maximum atomic E-state index is 12.5. The number of carbonyl (C=O) groups excluding carboxylic acids is 1. The number of carbonyl (C=O) groups is 1. The molecule has 23 heavy (non-hydrogen) atoms. The van der Waals surface area contributed by atoms with Crippen LogP contribution in [-0.4, -0.2) is 22.6 Å². The summed E-state index contributed by atoms with van der Waals surface area (Å²) in [5, 5.41) is 6.88. The average molecular weight is 329 g/mol. The average Bonchev–Trinajstić information content (AvgIpc) is 3.17. The van der Waals surface area contributed by atoms with Crippen molar-refractivity contribution in [2.75, 3.05) is 7.11 Å². The Hall–Kier alpha value is -2.34. The predicted octanol–water partition coefficient (Wildman–Crippen LogP) is 3.14. The third-order valence-electron chi connectivity index (χ3n) is 3.84. The highest BCUT2D eigenvalue weighted by atomic mass is 32.1. The van der Waals surface area contributed by atoms with Crippen LogP contribution in [0.5, 0.6) is 5.75 Å². The van der Waals surface area contributed by atoms with Crippen LogP contribution in [0.4, 0.5) is 0 Å². The second kappa shape index (κ2) is 6.42. The molecule has 5 nitrogen and oxygen atoms in total. The Labute approximate surface area is 138 Å². The van der Waals surface area contributed by atoms with Gasteiger partial charge in [-0.1, -0.05) is 6.92 Å². The monoisotopic (exact) mass is 329 g/mol. The molecule has 6 heteroatoms. The van der Waals surface area contributed by atoms with Gasteiger partial charge in [-0.05, 0) is 30.7 Å². The number of aryl methyl sites for hydroxylation is 2. The Balaban J connectivity index is 1.78. The first-order valence-electron chi connectivity index (χ1n) is 7.47. The van der Waals surface area contributed by atoms with Gasteiger partial charge in [0.05, 0.1) is 19.3 Å². The van der Waals surface area contributed by atoms with Crippen molar-refractivity contribution in [3.63, 3.8) is 0 Å². The summed E-state index contributed by atoms with van der Waals surface area (Å²) in [4.78, 5) is 16.9. The molecule has 0 spiro atoms. The van der Waals surface area contributed by atoms with Crippen LogP contribution in [0.2, 0.25) is 0 Å². The van der Waals surface area contributed by atoms with E-state index in [-0.39, 0.29) is 5.91 Å². The van der Waals surface area contributed by atoms with E-state index in [1.165, 1.54) is 0 Å². The smallest absolute Gasteiger partial charge is 0.268 e. The molecule has 0 saturated heterocycles. The Morgan fingerprint density at radius 3 is 2.91 bits per heavy atom. The number of hydrogen-bond donors (Lipinski definition) is 1. The molecule has 1 amide bonds. The molecule has 0 atom stereocenters. The van der Waals surface area contributed by atoms with Gasteiger partial charge in [0.1, 0.15) is 16.5 Å². The summed E-state index contributed by atoms with van der Waals surface area (Å²) in [6.07, 6.45) is 0.912. The molecule has 0 aliphatic rings. The summed E-state index contributed by atoms with van der Waals surface area (Å²) in [6.45, 7) is 2.52. The number of methoxy groups -OCH3 is 1. The molecule has 1 aromatic carbocycles. The standard InChI is InChI=1S/C17H19N3O2S/c1-4-12-10-23-16(19-12)9-18-17(21)15-8-11-7-13(22-3)5-6-14(11)20(15)2/h5-8,10H,4,9H2,1-3H3,(H,18,21). The minimum absolute atomic E-state index is 0.101. The summed E-state index contributed by atoms with van der Waals surface area (Å²) in [7, 11) is 3.53. The molecule has 0 aliphatic carbocycles. The van der Waals surface area contributed by atoms with Crippen LogP contribution in [0.1, 0.15) is 28.1 Å². The van der Waals surface area contributed by atoms with E-state index in [9.17, 15) is 4.79 Å². The molecule has 3 aromatic rings. The third kappa shape index (κ3) is 3.07. The molecule has 3 rings (SSSR count). The van der Waals surface area contributed by atoms with Crippen molar-refractivity contribution in [1.29, 1.82) is 0 Å². The third-order valence-corrected chi connectivity index (χ3v) is 4.74. The number of hydrogen-bond acceptors (Lipinski definition) is 4. The lowest BCUT2D eigenvalue weighted by molar-refractivity contribution is 0.0943. The first-order chi connectivity index (χ1) is 11.1. The highest BCUT2D eigenvalue weighted by Crippen LogP contribution is 2.23. The number of benzene rings is 1. The SMILES string of the molecule is CCc1csc(CNC(=O)c2cc3cc(OC)ccc3n2C)n1. The number of nitrogens with one attached hydrogen (secondary N) is 1. The minimum Gasteiger partial charge on any atom is -0.497 e. The number of thiazole rings is 1. The van der Waals surface area contributed by atoms with Gasteiger partial charge in [0.15, 0.2) is 0 Å². The fraction of sp³-hybridized carbons (Fsp3) is 0.294. The zero-order valence-corrected chi connectivity index (χ0v) is 14.2. The molecule has 0 unspecified atom stereocenters. The predicted molar refractivity (Wildman–Crippen MR) is 92.1 cm³/mol. The molecule has 1 N–H and O–H groups in total. The van der Waals surface area contributed by atoms with Crippen molar-refractivity contribution in [2.45, 2.75) is 19.9 Å². The van der Waals surface area contributed by atoms with Crippen molar-refractivity contribution in [2.24, 2.45) is 7.05 Å². The quantitative estimate of drug-likeness (QED) is 0.782. The summed E-state index contributed by atoms with van der Waals surface area (Å²) < 4.78 is 7.13. The number of amides is 1. The number of aromatic nitrogens is 2. The van der Waals surface area contributed by atoms with Gasteiger partial charge >= 0.3 is 0 Å². The van der Waals surface area contributed by atoms with Crippen LogP contribution in [0.3, 0.4) is 0 Å². The van der Waals surface area contributed by atoms with Gasteiger partial charge in [0, 0.05) is 23.3 Å². The van der Waals surface area contributed by atoms with E-state index in [0.717, 1.165) is 33.8 Å². The van der Waals surface area contributed by atoms with E-state index >= 15 is 0 Å². The molecule has 0 bridgehead atoms. The highest BCUT2D eigenvalue weighted by molar-refractivity contribution is 7.09. The molecule has 0 fully saturated rings. The Kier molecular flexibility index (Phi) is 4.34. The lowest BCUT2D eigenvalue weighted by atomic mass is 10.2. The fourth-order valence-corrected chi connectivity index (χ4v) is 3.33. The molecule has 120 valence electrons. The molecular formula is C17H19N3O2S. The minimum atomic E-state index is -0.101. The zero-order chi connectivity index (χ0) is 16.4. The molecule has 0 saturated carbocycles. The molecule has 2 aromatic heterocycles. The van der Waals surface area contributed by atoms with Crippen molar-refractivity contribution >= 4 is 28.1 Å². The van der Waals surface area contributed by atoms with Gasteiger partial charge in [-0.25, -0.2) is 4.98 Å². The van der Waals surface area contributed by atoms with Crippen molar-refractivity contribution in [1.82, 2.24) is 14.9 Å². The lowest BCUT2D eigenvalue weighted by Gasteiger charge is -2.05. The summed E-state index contributed by atoms with van der Waals surface area (Å²) in [6, 6.07) is 7.66. The van der Waals surface area contributed by atoms with Crippen LogP contribution in [-0.2, 0) is 20.0 Å². The summed E-state index contributed by atoms with van der Waals surface area (Å²) in [5.41, 5.74) is 2.69. The van der Waals surface area contributed by atoms with Gasteiger partial charge in [0.25, 0.3) is 5.91 Å². The van der Waals surface area contributed by atoms with Crippen LogP contribution in [0.15, 0.2) is 29.6 Å². The maximum Gasteiger partial charge on any atom is 0.268 e. The normalized spacial score (nSPS) is 10.9. The van der Waals surface area contributed by atoms with Crippen LogP contribution >= 0.6 is 11.3 Å². The second-order valence-electron chi connectivity index (χ2n) is 5.28. The van der Waals surface area contributed by atoms with E-state index in [4.69, 9.17) is 4.74 Å². The molecule has 0 aliphatic heterocycles. The largest absolute Gasteiger partial charge is 0.497 e. The Morgan fingerprint density at radius 2 is 2.22 bits per heavy atom. The van der Waals surface area contributed by atoms with Gasteiger partial charge < -0.3 is 14.6 Å². The fourth-order valence-electron chi connectivity index (χ4n) is 2.51. The number of ether oxygens (including phenoxy) is 1. The van der Waals surface area contributed by atoms with Crippen molar-refractivity contribution in [3.05, 3.63) is 46.0 Å². The van der Waals surface area contributed by atoms with E-state index in [2.05, 4.69) is 17.2 Å². The van der Waals surface area contributed by atoms with Gasteiger partial charge in [-0.3, -0.25) is 4.79 Å².